The van der Waals surface area contributed by atoms with Crippen LogP contribution in [0.1, 0.15) is 39.8 Å². The second-order valence-corrected chi connectivity index (χ2v) is 7.20. The SMILES string of the molecule is CCc1cccc(C)c1NC(=S)NNC(=O)c1c(C)nn(-c2ccccc2)c1C. The van der Waals surface area contributed by atoms with E-state index >= 15 is 0 Å². The van der Waals surface area contributed by atoms with Gasteiger partial charge in [-0.1, -0.05) is 43.3 Å². The number of anilines is 1. The molecular formula is C22H25N5OS. The molecule has 0 fully saturated rings. The largest absolute Gasteiger partial charge is 0.331 e. The van der Waals surface area contributed by atoms with Gasteiger partial charge in [0.15, 0.2) is 5.11 Å². The second kappa shape index (κ2) is 8.87. The minimum absolute atomic E-state index is 0.285. The molecule has 0 aliphatic heterocycles. The summed E-state index contributed by atoms with van der Waals surface area (Å²) in [6.07, 6.45) is 0.885. The minimum Gasteiger partial charge on any atom is -0.331 e. The Bertz CT molecular complexity index is 1040. The summed E-state index contributed by atoms with van der Waals surface area (Å²) in [5, 5.41) is 8.02. The van der Waals surface area contributed by atoms with E-state index in [1.807, 2.05) is 63.2 Å². The van der Waals surface area contributed by atoms with E-state index in [1.165, 1.54) is 0 Å². The number of carbonyl (C=O) groups excluding carboxylic acids is 1. The van der Waals surface area contributed by atoms with Crippen molar-refractivity contribution in [2.45, 2.75) is 34.1 Å². The van der Waals surface area contributed by atoms with Crippen molar-refractivity contribution in [2.24, 2.45) is 0 Å². The number of thiocarbonyl (C=S) groups is 1. The second-order valence-electron chi connectivity index (χ2n) is 6.79. The Morgan fingerprint density at radius 1 is 1.03 bits per heavy atom. The Morgan fingerprint density at radius 2 is 1.76 bits per heavy atom. The fourth-order valence-corrected chi connectivity index (χ4v) is 3.47. The molecule has 1 amide bonds. The number of hydrogen-bond donors (Lipinski definition) is 3. The van der Waals surface area contributed by atoms with Crippen molar-refractivity contribution in [3.8, 4) is 5.69 Å². The van der Waals surface area contributed by atoms with Crippen molar-refractivity contribution in [2.75, 3.05) is 5.32 Å². The molecule has 3 N–H and O–H groups in total. The molecule has 6 nitrogen and oxygen atoms in total. The first-order valence-electron chi connectivity index (χ1n) is 9.49. The van der Waals surface area contributed by atoms with Gasteiger partial charge in [0, 0.05) is 5.69 Å². The Hall–Kier alpha value is -3.19. The Balaban J connectivity index is 1.70. The zero-order chi connectivity index (χ0) is 21.0. The van der Waals surface area contributed by atoms with Gasteiger partial charge >= 0.3 is 0 Å². The van der Waals surface area contributed by atoms with E-state index in [1.54, 1.807) is 4.68 Å². The van der Waals surface area contributed by atoms with Crippen LogP contribution in [-0.4, -0.2) is 20.8 Å². The lowest BCUT2D eigenvalue weighted by atomic mass is 10.1. The van der Waals surface area contributed by atoms with E-state index < -0.39 is 0 Å². The summed E-state index contributed by atoms with van der Waals surface area (Å²) < 4.78 is 1.77. The molecule has 3 rings (SSSR count). The first-order chi connectivity index (χ1) is 13.9. The van der Waals surface area contributed by atoms with Gasteiger partial charge < -0.3 is 5.32 Å². The molecule has 150 valence electrons. The normalized spacial score (nSPS) is 10.5. The van der Waals surface area contributed by atoms with Gasteiger partial charge in [0.05, 0.1) is 22.6 Å². The lowest BCUT2D eigenvalue weighted by Gasteiger charge is -2.16. The molecule has 0 radical (unpaired) electrons. The van der Waals surface area contributed by atoms with E-state index in [9.17, 15) is 4.79 Å². The van der Waals surface area contributed by atoms with E-state index in [0.717, 1.165) is 34.6 Å². The fourth-order valence-electron chi connectivity index (χ4n) is 3.31. The average Bonchev–Trinajstić information content (AvgIpc) is 3.02. The Morgan fingerprint density at radius 3 is 2.45 bits per heavy atom. The van der Waals surface area contributed by atoms with Gasteiger partial charge in [0.25, 0.3) is 5.91 Å². The smallest absolute Gasteiger partial charge is 0.273 e. The number of amides is 1. The highest BCUT2D eigenvalue weighted by Crippen LogP contribution is 2.21. The molecule has 0 unspecified atom stereocenters. The van der Waals surface area contributed by atoms with E-state index in [2.05, 4.69) is 34.3 Å². The van der Waals surface area contributed by atoms with Crippen molar-refractivity contribution in [3.63, 3.8) is 0 Å². The van der Waals surface area contributed by atoms with Gasteiger partial charge in [-0.25, -0.2) is 4.68 Å². The van der Waals surface area contributed by atoms with Crippen LogP contribution in [0.15, 0.2) is 48.5 Å². The molecule has 3 aromatic rings. The summed E-state index contributed by atoms with van der Waals surface area (Å²) in [6, 6.07) is 15.8. The predicted octanol–water partition coefficient (Wildman–Crippen LogP) is 3.99. The minimum atomic E-state index is -0.285. The maximum atomic E-state index is 12.8. The predicted molar refractivity (Wildman–Crippen MR) is 120 cm³/mol. The van der Waals surface area contributed by atoms with Crippen molar-refractivity contribution < 1.29 is 4.79 Å². The highest BCUT2D eigenvalue weighted by Gasteiger charge is 2.19. The molecule has 29 heavy (non-hydrogen) atoms. The quantitative estimate of drug-likeness (QED) is 0.451. The lowest BCUT2D eigenvalue weighted by Crippen LogP contribution is -2.44. The Labute approximate surface area is 176 Å². The molecule has 0 spiro atoms. The van der Waals surface area contributed by atoms with Crippen molar-refractivity contribution in [1.29, 1.82) is 0 Å². The summed E-state index contributed by atoms with van der Waals surface area (Å²) >= 11 is 5.36. The number of carbonyl (C=O) groups is 1. The summed E-state index contributed by atoms with van der Waals surface area (Å²) in [6.45, 7) is 7.81. The number of benzene rings is 2. The molecule has 1 aromatic heterocycles. The third-order valence-corrected chi connectivity index (χ3v) is 4.99. The molecule has 2 aromatic carbocycles. The van der Waals surface area contributed by atoms with Crippen molar-refractivity contribution in [1.82, 2.24) is 20.6 Å². The van der Waals surface area contributed by atoms with Gasteiger partial charge in [0.1, 0.15) is 0 Å². The molecule has 0 aliphatic rings. The maximum absolute atomic E-state index is 12.8. The fraction of sp³-hybridized carbons (Fsp3) is 0.227. The molecule has 0 atom stereocenters. The van der Waals surface area contributed by atoms with Crippen LogP contribution in [0.4, 0.5) is 5.69 Å². The number of hydrazine groups is 1. The number of para-hydroxylation sites is 2. The van der Waals surface area contributed by atoms with Crippen LogP contribution >= 0.6 is 12.2 Å². The van der Waals surface area contributed by atoms with Crippen LogP contribution in [0.3, 0.4) is 0 Å². The van der Waals surface area contributed by atoms with Crippen molar-refractivity contribution >= 4 is 28.9 Å². The van der Waals surface area contributed by atoms with Crippen LogP contribution in [0, 0.1) is 20.8 Å². The number of aryl methyl sites for hydroxylation is 3. The van der Waals surface area contributed by atoms with Crippen LogP contribution in [0.5, 0.6) is 0 Å². The highest BCUT2D eigenvalue weighted by atomic mass is 32.1. The highest BCUT2D eigenvalue weighted by molar-refractivity contribution is 7.80. The number of hydrogen-bond acceptors (Lipinski definition) is 3. The third-order valence-electron chi connectivity index (χ3n) is 4.79. The van der Waals surface area contributed by atoms with Crippen molar-refractivity contribution in [3.05, 3.63) is 76.6 Å². The summed E-state index contributed by atoms with van der Waals surface area (Å²) in [5.74, 6) is -0.285. The molecule has 0 aliphatic carbocycles. The number of aromatic nitrogens is 2. The molecule has 0 saturated carbocycles. The van der Waals surface area contributed by atoms with Gasteiger partial charge in [-0.2, -0.15) is 5.10 Å². The van der Waals surface area contributed by atoms with E-state index in [0.29, 0.717) is 16.4 Å². The van der Waals surface area contributed by atoms with Crippen LogP contribution in [-0.2, 0) is 6.42 Å². The van der Waals surface area contributed by atoms with Crippen LogP contribution < -0.4 is 16.2 Å². The van der Waals surface area contributed by atoms with E-state index in [4.69, 9.17) is 12.2 Å². The Kier molecular flexibility index (Phi) is 6.29. The zero-order valence-corrected chi connectivity index (χ0v) is 17.9. The summed E-state index contributed by atoms with van der Waals surface area (Å²) in [7, 11) is 0. The number of nitrogens with zero attached hydrogens (tertiary/aromatic N) is 2. The average molecular weight is 408 g/mol. The molecule has 7 heteroatoms. The van der Waals surface area contributed by atoms with Gasteiger partial charge in [-0.3, -0.25) is 15.6 Å². The van der Waals surface area contributed by atoms with Crippen LogP contribution in [0.25, 0.3) is 5.69 Å². The standard InChI is InChI=1S/C22H25N5OS/c1-5-17-11-9-10-14(2)20(17)23-22(29)25-24-21(28)19-15(3)26-27(16(19)4)18-12-7-6-8-13-18/h6-13H,5H2,1-4H3,(H,24,28)(H2,23,25,29). The molecule has 0 saturated heterocycles. The molecule has 1 heterocycles. The summed E-state index contributed by atoms with van der Waals surface area (Å²) in [4.78, 5) is 12.8. The zero-order valence-electron chi connectivity index (χ0n) is 17.0. The monoisotopic (exact) mass is 407 g/mol. The van der Waals surface area contributed by atoms with Gasteiger partial charge in [-0.15, -0.1) is 0 Å². The topological polar surface area (TPSA) is 71.0 Å². The maximum Gasteiger partial charge on any atom is 0.273 e. The van der Waals surface area contributed by atoms with Crippen LogP contribution in [0.2, 0.25) is 0 Å². The number of nitrogens with one attached hydrogen (secondary N) is 3. The lowest BCUT2D eigenvalue weighted by molar-refractivity contribution is 0.0943. The third kappa shape index (κ3) is 4.46. The molecular weight excluding hydrogens is 382 g/mol. The summed E-state index contributed by atoms with van der Waals surface area (Å²) in [5.41, 5.74) is 11.5. The van der Waals surface area contributed by atoms with Gasteiger partial charge in [-0.05, 0) is 62.7 Å². The first kappa shape index (κ1) is 20.5. The first-order valence-corrected chi connectivity index (χ1v) is 9.90. The van der Waals surface area contributed by atoms with Gasteiger partial charge in [0.2, 0.25) is 0 Å². The molecule has 0 bridgehead atoms. The number of rotatable bonds is 4. The van der Waals surface area contributed by atoms with E-state index in [-0.39, 0.29) is 5.91 Å².